The van der Waals surface area contributed by atoms with Crippen LogP contribution in [0.4, 0.5) is 0 Å². The van der Waals surface area contributed by atoms with Crippen LogP contribution in [0.1, 0.15) is 24.5 Å². The monoisotopic (exact) mass is 425 g/mol. The number of allylic oxidation sites excluding steroid dienone is 1. The van der Waals surface area contributed by atoms with Gasteiger partial charge in [-0.2, -0.15) is 0 Å². The minimum absolute atomic E-state index is 0.313. The number of imidazole rings is 1. The van der Waals surface area contributed by atoms with Gasteiger partial charge < -0.3 is 9.14 Å². The number of hydrogen-bond donors (Lipinski definition) is 0. The van der Waals surface area contributed by atoms with Gasteiger partial charge in [-0.1, -0.05) is 47.6 Å². The molecular weight excluding hydrogens is 406 g/mol. The summed E-state index contributed by atoms with van der Waals surface area (Å²) in [5.41, 5.74) is 1.91. The standard InChI is InChI=1S/C21H20ClN5OS/c1-3-11-27-20(15(2)28-18-9-5-4-8-17(18)22)24-25-21(27)29-14-16-13-26-12-7-6-10-19(26)23-16/h3-10,12-13,15H,1,11,14H2,2H3. The Labute approximate surface area is 178 Å². The third-order valence-corrected chi connectivity index (χ3v) is 5.64. The molecule has 0 aliphatic carbocycles. The Balaban J connectivity index is 1.52. The second-order valence-corrected chi connectivity index (χ2v) is 7.77. The van der Waals surface area contributed by atoms with Gasteiger partial charge in [0.1, 0.15) is 11.4 Å². The molecule has 0 fully saturated rings. The van der Waals surface area contributed by atoms with Crippen LogP contribution in [-0.2, 0) is 12.3 Å². The molecule has 3 aromatic heterocycles. The Morgan fingerprint density at radius 2 is 2.03 bits per heavy atom. The lowest BCUT2D eigenvalue weighted by Gasteiger charge is -2.16. The number of aromatic nitrogens is 5. The molecule has 1 aromatic carbocycles. The number of hydrogen-bond acceptors (Lipinski definition) is 5. The summed E-state index contributed by atoms with van der Waals surface area (Å²) in [4.78, 5) is 4.64. The lowest BCUT2D eigenvalue weighted by Crippen LogP contribution is -2.12. The molecule has 0 amide bonds. The lowest BCUT2D eigenvalue weighted by atomic mass is 10.3. The molecule has 0 saturated carbocycles. The van der Waals surface area contributed by atoms with Crippen LogP contribution >= 0.6 is 23.4 Å². The highest BCUT2D eigenvalue weighted by atomic mass is 35.5. The minimum Gasteiger partial charge on any atom is -0.481 e. The number of ether oxygens (including phenoxy) is 1. The number of rotatable bonds is 8. The van der Waals surface area contributed by atoms with Crippen molar-refractivity contribution in [1.29, 1.82) is 0 Å². The third-order valence-electron chi connectivity index (χ3n) is 4.32. The first-order chi connectivity index (χ1) is 14.2. The molecule has 1 atom stereocenters. The van der Waals surface area contributed by atoms with Gasteiger partial charge in [0.05, 0.1) is 10.7 Å². The van der Waals surface area contributed by atoms with E-state index in [2.05, 4.69) is 21.8 Å². The van der Waals surface area contributed by atoms with E-state index in [-0.39, 0.29) is 6.10 Å². The number of halogens is 1. The van der Waals surface area contributed by atoms with Gasteiger partial charge in [-0.25, -0.2) is 4.98 Å². The molecule has 0 radical (unpaired) electrons. The predicted octanol–water partition coefficient (Wildman–Crippen LogP) is 5.20. The predicted molar refractivity (Wildman–Crippen MR) is 115 cm³/mol. The van der Waals surface area contributed by atoms with Gasteiger partial charge in [0.15, 0.2) is 17.1 Å². The van der Waals surface area contributed by atoms with Crippen molar-refractivity contribution in [2.45, 2.75) is 30.5 Å². The van der Waals surface area contributed by atoms with Crippen LogP contribution < -0.4 is 4.74 Å². The van der Waals surface area contributed by atoms with Crippen molar-refractivity contribution in [2.24, 2.45) is 0 Å². The van der Waals surface area contributed by atoms with Gasteiger partial charge in [-0.3, -0.25) is 4.57 Å². The zero-order valence-corrected chi connectivity index (χ0v) is 17.5. The highest BCUT2D eigenvalue weighted by Gasteiger charge is 2.20. The van der Waals surface area contributed by atoms with Gasteiger partial charge in [-0.15, -0.1) is 16.8 Å². The average Bonchev–Trinajstić information content (AvgIpc) is 3.32. The molecule has 0 aliphatic heterocycles. The summed E-state index contributed by atoms with van der Waals surface area (Å²) >= 11 is 7.80. The molecule has 148 valence electrons. The number of para-hydroxylation sites is 1. The quantitative estimate of drug-likeness (QED) is 0.287. The Hall–Kier alpha value is -2.77. The van der Waals surface area contributed by atoms with E-state index in [9.17, 15) is 0 Å². The first-order valence-electron chi connectivity index (χ1n) is 9.16. The molecule has 4 aromatic rings. The van der Waals surface area contributed by atoms with Crippen LogP contribution in [0.25, 0.3) is 5.65 Å². The van der Waals surface area contributed by atoms with Gasteiger partial charge in [0.25, 0.3) is 0 Å². The summed E-state index contributed by atoms with van der Waals surface area (Å²) in [5, 5.41) is 10.1. The van der Waals surface area contributed by atoms with E-state index in [4.69, 9.17) is 16.3 Å². The van der Waals surface area contributed by atoms with E-state index in [1.807, 2.05) is 70.8 Å². The van der Waals surface area contributed by atoms with Gasteiger partial charge >= 0.3 is 0 Å². The summed E-state index contributed by atoms with van der Waals surface area (Å²) in [6.07, 6.45) is 5.53. The fourth-order valence-corrected chi connectivity index (χ4v) is 4.01. The van der Waals surface area contributed by atoms with Crippen LogP contribution in [0.5, 0.6) is 5.75 Å². The third kappa shape index (κ3) is 4.31. The first kappa shape index (κ1) is 19.5. The molecule has 29 heavy (non-hydrogen) atoms. The summed E-state index contributed by atoms with van der Waals surface area (Å²) in [7, 11) is 0. The fourth-order valence-electron chi connectivity index (χ4n) is 2.99. The van der Waals surface area contributed by atoms with E-state index < -0.39 is 0 Å². The van der Waals surface area contributed by atoms with Crippen molar-refractivity contribution >= 4 is 29.0 Å². The number of nitrogens with zero attached hydrogens (tertiary/aromatic N) is 5. The second kappa shape index (κ2) is 8.71. The average molecular weight is 426 g/mol. The number of benzene rings is 1. The van der Waals surface area contributed by atoms with Crippen LogP contribution in [0, 0.1) is 0 Å². The van der Waals surface area contributed by atoms with E-state index in [1.54, 1.807) is 17.8 Å². The Kier molecular flexibility index (Phi) is 5.87. The molecule has 0 N–H and O–H groups in total. The minimum atomic E-state index is -0.313. The summed E-state index contributed by atoms with van der Waals surface area (Å²) in [5.74, 6) is 2.03. The molecule has 0 saturated heterocycles. The maximum absolute atomic E-state index is 6.22. The van der Waals surface area contributed by atoms with Crippen LogP contribution in [-0.4, -0.2) is 24.1 Å². The molecule has 0 aliphatic rings. The Bertz CT molecular complexity index is 1110. The molecule has 6 nitrogen and oxygen atoms in total. The molecule has 3 heterocycles. The Morgan fingerprint density at radius 3 is 2.83 bits per heavy atom. The molecule has 0 bridgehead atoms. The van der Waals surface area contributed by atoms with E-state index >= 15 is 0 Å². The van der Waals surface area contributed by atoms with Crippen molar-refractivity contribution in [3.63, 3.8) is 0 Å². The summed E-state index contributed by atoms with van der Waals surface area (Å²) in [6, 6.07) is 13.3. The highest BCUT2D eigenvalue weighted by molar-refractivity contribution is 7.98. The van der Waals surface area contributed by atoms with Crippen LogP contribution in [0.15, 0.2) is 72.7 Å². The SMILES string of the molecule is C=CCn1c(SCc2cn3ccccc3n2)nnc1C(C)Oc1ccccc1Cl. The van der Waals surface area contributed by atoms with Gasteiger partial charge in [0.2, 0.25) is 0 Å². The maximum atomic E-state index is 6.22. The molecule has 4 rings (SSSR count). The summed E-state index contributed by atoms with van der Waals surface area (Å²) < 4.78 is 10.0. The van der Waals surface area contributed by atoms with Crippen LogP contribution in [0.3, 0.4) is 0 Å². The van der Waals surface area contributed by atoms with E-state index in [0.717, 1.165) is 22.3 Å². The van der Waals surface area contributed by atoms with Crippen molar-refractivity contribution in [3.05, 3.63) is 84.1 Å². The van der Waals surface area contributed by atoms with Gasteiger partial charge in [0, 0.05) is 24.7 Å². The van der Waals surface area contributed by atoms with Crippen molar-refractivity contribution in [2.75, 3.05) is 0 Å². The van der Waals surface area contributed by atoms with Crippen molar-refractivity contribution in [1.82, 2.24) is 24.1 Å². The molecule has 0 spiro atoms. The highest BCUT2D eigenvalue weighted by Crippen LogP contribution is 2.30. The fraction of sp³-hybridized carbons (Fsp3) is 0.190. The molecule has 8 heteroatoms. The zero-order chi connectivity index (χ0) is 20.2. The Morgan fingerprint density at radius 1 is 1.21 bits per heavy atom. The normalized spacial score (nSPS) is 12.2. The van der Waals surface area contributed by atoms with Crippen molar-refractivity contribution < 1.29 is 4.74 Å². The van der Waals surface area contributed by atoms with Gasteiger partial charge in [-0.05, 0) is 31.2 Å². The van der Waals surface area contributed by atoms with E-state index in [0.29, 0.717) is 23.1 Å². The van der Waals surface area contributed by atoms with Crippen molar-refractivity contribution in [3.8, 4) is 5.75 Å². The largest absolute Gasteiger partial charge is 0.481 e. The number of fused-ring (bicyclic) bond motifs is 1. The summed E-state index contributed by atoms with van der Waals surface area (Å²) in [6.45, 7) is 6.38. The first-order valence-corrected chi connectivity index (χ1v) is 10.5. The second-order valence-electron chi connectivity index (χ2n) is 6.42. The molecule has 1 unspecified atom stereocenters. The number of pyridine rings is 1. The maximum Gasteiger partial charge on any atom is 0.192 e. The molecular formula is C21H20ClN5OS. The smallest absolute Gasteiger partial charge is 0.192 e. The number of thioether (sulfide) groups is 1. The van der Waals surface area contributed by atoms with E-state index in [1.165, 1.54) is 0 Å². The van der Waals surface area contributed by atoms with Crippen LogP contribution in [0.2, 0.25) is 5.02 Å². The zero-order valence-electron chi connectivity index (χ0n) is 15.9. The topological polar surface area (TPSA) is 57.2 Å². The lowest BCUT2D eigenvalue weighted by molar-refractivity contribution is 0.210.